The third kappa shape index (κ3) is 4.27. The van der Waals surface area contributed by atoms with E-state index in [2.05, 4.69) is 15.2 Å². The van der Waals surface area contributed by atoms with Gasteiger partial charge in [-0.1, -0.05) is 17.7 Å². The van der Waals surface area contributed by atoms with Gasteiger partial charge in [0.2, 0.25) is 0 Å². The lowest BCUT2D eigenvalue weighted by Crippen LogP contribution is -2.36. The van der Waals surface area contributed by atoms with Crippen LogP contribution in [0.25, 0.3) is 0 Å². The number of nitrogens with one attached hydrogen (secondary N) is 1. The predicted octanol–water partition coefficient (Wildman–Crippen LogP) is 3.20. The standard InChI is InChI=1S/C18H19ClFN3O2/c1-12(13-2-4-15(19)16(20)10-13)22-18(24)14-3-5-17(21-11-14)23-6-8-25-9-7-23/h2-5,10-12H,6-9H2,1H3,(H,22,24). The summed E-state index contributed by atoms with van der Waals surface area (Å²) in [6.07, 6.45) is 1.55. The number of hydrogen-bond acceptors (Lipinski definition) is 4. The number of amides is 1. The van der Waals surface area contributed by atoms with Crippen molar-refractivity contribution < 1.29 is 13.9 Å². The lowest BCUT2D eigenvalue weighted by molar-refractivity contribution is 0.0939. The van der Waals surface area contributed by atoms with Crippen LogP contribution in [0.2, 0.25) is 5.02 Å². The van der Waals surface area contributed by atoms with Gasteiger partial charge in [0, 0.05) is 19.3 Å². The summed E-state index contributed by atoms with van der Waals surface area (Å²) in [5.41, 5.74) is 1.10. The average Bonchev–Trinajstić information content (AvgIpc) is 2.64. The molecule has 1 fully saturated rings. The number of pyridine rings is 1. The fraction of sp³-hybridized carbons (Fsp3) is 0.333. The van der Waals surface area contributed by atoms with Crippen LogP contribution in [0.3, 0.4) is 0 Å². The summed E-state index contributed by atoms with van der Waals surface area (Å²) in [6.45, 7) is 4.73. The van der Waals surface area contributed by atoms with Crippen LogP contribution in [0.4, 0.5) is 10.2 Å². The summed E-state index contributed by atoms with van der Waals surface area (Å²) in [5.74, 6) is 0.0633. The third-order valence-corrected chi connectivity index (χ3v) is 4.44. The summed E-state index contributed by atoms with van der Waals surface area (Å²) >= 11 is 5.68. The van der Waals surface area contributed by atoms with Crippen LogP contribution >= 0.6 is 11.6 Å². The highest BCUT2D eigenvalue weighted by Gasteiger charge is 2.15. The second-order valence-electron chi connectivity index (χ2n) is 5.87. The zero-order chi connectivity index (χ0) is 17.8. The number of benzene rings is 1. The molecule has 1 aliphatic heterocycles. The zero-order valence-electron chi connectivity index (χ0n) is 13.8. The van der Waals surface area contributed by atoms with Crippen LogP contribution in [0.15, 0.2) is 36.5 Å². The van der Waals surface area contributed by atoms with Crippen molar-refractivity contribution in [2.24, 2.45) is 0 Å². The van der Waals surface area contributed by atoms with Crippen molar-refractivity contribution >= 4 is 23.3 Å². The van der Waals surface area contributed by atoms with Crippen LogP contribution < -0.4 is 10.2 Å². The molecule has 1 aliphatic rings. The molecule has 1 unspecified atom stereocenters. The predicted molar refractivity (Wildman–Crippen MR) is 94.6 cm³/mol. The molecular formula is C18H19ClFN3O2. The molecule has 0 saturated carbocycles. The van der Waals surface area contributed by atoms with Gasteiger partial charge in [0.15, 0.2) is 0 Å². The summed E-state index contributed by atoms with van der Waals surface area (Å²) in [7, 11) is 0. The van der Waals surface area contributed by atoms with Crippen LogP contribution in [0.1, 0.15) is 28.9 Å². The second kappa shape index (κ2) is 7.80. The highest BCUT2D eigenvalue weighted by atomic mass is 35.5. The van der Waals surface area contributed by atoms with E-state index in [9.17, 15) is 9.18 Å². The first-order chi connectivity index (χ1) is 12.0. The molecule has 5 nitrogen and oxygen atoms in total. The molecule has 7 heteroatoms. The molecule has 3 rings (SSSR count). The maximum atomic E-state index is 13.6. The molecule has 2 aromatic rings. The van der Waals surface area contributed by atoms with Gasteiger partial charge in [-0.15, -0.1) is 0 Å². The molecule has 132 valence electrons. The van der Waals surface area contributed by atoms with Crippen molar-refractivity contribution in [3.8, 4) is 0 Å². The van der Waals surface area contributed by atoms with Gasteiger partial charge in [-0.3, -0.25) is 4.79 Å². The number of halogens is 2. The zero-order valence-corrected chi connectivity index (χ0v) is 14.6. The van der Waals surface area contributed by atoms with Crippen molar-refractivity contribution in [1.82, 2.24) is 10.3 Å². The summed E-state index contributed by atoms with van der Waals surface area (Å²) in [6, 6.07) is 7.71. The number of hydrogen-bond donors (Lipinski definition) is 1. The first-order valence-corrected chi connectivity index (χ1v) is 8.47. The monoisotopic (exact) mass is 363 g/mol. The van der Waals surface area contributed by atoms with Gasteiger partial charge in [-0.05, 0) is 36.8 Å². The largest absolute Gasteiger partial charge is 0.378 e. The Morgan fingerprint density at radius 2 is 2.08 bits per heavy atom. The summed E-state index contributed by atoms with van der Waals surface area (Å²) in [5, 5.41) is 2.90. The Morgan fingerprint density at radius 1 is 1.32 bits per heavy atom. The lowest BCUT2D eigenvalue weighted by Gasteiger charge is -2.27. The van der Waals surface area contributed by atoms with Crippen molar-refractivity contribution in [2.45, 2.75) is 13.0 Å². The minimum Gasteiger partial charge on any atom is -0.378 e. The average molecular weight is 364 g/mol. The van der Waals surface area contributed by atoms with E-state index in [0.717, 1.165) is 18.9 Å². The topological polar surface area (TPSA) is 54.5 Å². The number of carbonyl (C=O) groups excluding carboxylic acids is 1. The van der Waals surface area contributed by atoms with Crippen molar-refractivity contribution in [1.29, 1.82) is 0 Å². The summed E-state index contributed by atoms with van der Waals surface area (Å²) < 4.78 is 18.9. The smallest absolute Gasteiger partial charge is 0.253 e. The highest BCUT2D eigenvalue weighted by Crippen LogP contribution is 2.20. The Balaban J connectivity index is 1.65. The van der Waals surface area contributed by atoms with Gasteiger partial charge < -0.3 is 15.0 Å². The summed E-state index contributed by atoms with van der Waals surface area (Å²) in [4.78, 5) is 18.8. The highest BCUT2D eigenvalue weighted by molar-refractivity contribution is 6.30. The molecule has 0 spiro atoms. The van der Waals surface area contributed by atoms with E-state index in [1.165, 1.54) is 12.1 Å². The molecule has 0 radical (unpaired) electrons. The molecule has 2 heterocycles. The van der Waals surface area contributed by atoms with E-state index in [-0.39, 0.29) is 17.0 Å². The SMILES string of the molecule is CC(NC(=O)c1ccc(N2CCOCC2)nc1)c1ccc(Cl)c(F)c1. The molecule has 0 bridgehead atoms. The number of ether oxygens (including phenoxy) is 1. The van der Waals surface area contributed by atoms with Crippen LogP contribution in [0.5, 0.6) is 0 Å². The van der Waals surface area contributed by atoms with E-state index >= 15 is 0 Å². The van der Waals surface area contributed by atoms with E-state index < -0.39 is 5.82 Å². The number of anilines is 1. The fourth-order valence-electron chi connectivity index (χ4n) is 2.64. The maximum absolute atomic E-state index is 13.6. The molecule has 0 aliphatic carbocycles. The normalized spacial score (nSPS) is 15.7. The molecule has 1 aromatic carbocycles. The van der Waals surface area contributed by atoms with Crippen molar-refractivity contribution in [2.75, 3.05) is 31.2 Å². The number of rotatable bonds is 4. The minimum absolute atomic E-state index is 0.0604. The first-order valence-electron chi connectivity index (χ1n) is 8.09. The van der Waals surface area contributed by atoms with Crippen LogP contribution in [-0.2, 0) is 4.74 Å². The minimum atomic E-state index is -0.503. The van der Waals surface area contributed by atoms with Gasteiger partial charge in [0.1, 0.15) is 11.6 Å². The molecular weight excluding hydrogens is 345 g/mol. The van der Waals surface area contributed by atoms with Crippen molar-refractivity contribution in [3.63, 3.8) is 0 Å². The van der Waals surface area contributed by atoms with E-state index in [1.807, 2.05) is 6.07 Å². The quantitative estimate of drug-likeness (QED) is 0.906. The maximum Gasteiger partial charge on any atom is 0.253 e. The molecule has 1 N–H and O–H groups in total. The van der Waals surface area contributed by atoms with Gasteiger partial charge in [-0.25, -0.2) is 9.37 Å². The molecule has 1 atom stereocenters. The second-order valence-corrected chi connectivity index (χ2v) is 6.28. The van der Waals surface area contributed by atoms with Gasteiger partial charge >= 0.3 is 0 Å². The van der Waals surface area contributed by atoms with Gasteiger partial charge in [0.05, 0.1) is 29.8 Å². The number of carbonyl (C=O) groups is 1. The molecule has 25 heavy (non-hydrogen) atoms. The van der Waals surface area contributed by atoms with E-state index in [1.54, 1.807) is 25.3 Å². The molecule has 1 saturated heterocycles. The fourth-order valence-corrected chi connectivity index (χ4v) is 2.76. The lowest BCUT2D eigenvalue weighted by atomic mass is 10.1. The van der Waals surface area contributed by atoms with Crippen LogP contribution in [-0.4, -0.2) is 37.2 Å². The molecule has 1 amide bonds. The Kier molecular flexibility index (Phi) is 5.50. The number of aromatic nitrogens is 1. The Bertz CT molecular complexity index is 748. The molecule has 1 aromatic heterocycles. The Labute approximate surface area is 150 Å². The van der Waals surface area contributed by atoms with E-state index in [0.29, 0.717) is 24.3 Å². The van der Waals surface area contributed by atoms with Crippen LogP contribution in [0, 0.1) is 5.82 Å². The Hall–Kier alpha value is -2.18. The number of nitrogens with zero attached hydrogens (tertiary/aromatic N) is 2. The van der Waals surface area contributed by atoms with E-state index in [4.69, 9.17) is 16.3 Å². The Morgan fingerprint density at radius 3 is 2.72 bits per heavy atom. The third-order valence-electron chi connectivity index (χ3n) is 4.14. The number of morpholine rings is 1. The first kappa shape index (κ1) is 17.6. The van der Waals surface area contributed by atoms with Crippen molar-refractivity contribution in [3.05, 3.63) is 58.5 Å². The van der Waals surface area contributed by atoms with Gasteiger partial charge in [-0.2, -0.15) is 0 Å². The van der Waals surface area contributed by atoms with Gasteiger partial charge in [0.25, 0.3) is 5.91 Å².